The molecule has 0 aromatic heterocycles. The fraction of sp³-hybridized carbons (Fsp3) is 0.917. The van der Waals surface area contributed by atoms with Gasteiger partial charge in [0.05, 0.1) is 0 Å². The Balaban J connectivity index is 1.81. The highest BCUT2D eigenvalue weighted by Gasteiger charge is 2.63. The average Bonchev–Trinajstić information content (AvgIpc) is 2.84. The second kappa shape index (κ2) is 2.02. The number of carbonyl (C=O) groups excluding carboxylic acids is 1. The van der Waals surface area contributed by atoms with Crippen molar-refractivity contribution in [3.8, 4) is 0 Å². The third-order valence-electron chi connectivity index (χ3n) is 5.50. The fourth-order valence-electron chi connectivity index (χ4n) is 5.26. The number of fused-ring (bicyclic) bond motifs is 9. The van der Waals surface area contributed by atoms with E-state index in [0.29, 0.717) is 17.6 Å². The first-order valence-electron chi connectivity index (χ1n) is 5.90. The van der Waals surface area contributed by atoms with Crippen LogP contribution in [0.25, 0.3) is 0 Å². The predicted molar refractivity (Wildman–Crippen MR) is 49.0 cm³/mol. The van der Waals surface area contributed by atoms with Gasteiger partial charge in [0, 0.05) is 11.8 Å². The van der Waals surface area contributed by atoms with Crippen molar-refractivity contribution < 1.29 is 4.79 Å². The van der Waals surface area contributed by atoms with Crippen molar-refractivity contribution in [2.75, 3.05) is 0 Å². The molecule has 0 aliphatic heterocycles. The van der Waals surface area contributed by atoms with Gasteiger partial charge >= 0.3 is 0 Å². The molecule has 6 unspecified atom stereocenters. The minimum Gasteiger partial charge on any atom is -0.299 e. The summed E-state index contributed by atoms with van der Waals surface area (Å²) >= 11 is 0. The Morgan fingerprint density at radius 2 is 1.38 bits per heavy atom. The fourth-order valence-corrected chi connectivity index (χ4v) is 5.26. The quantitative estimate of drug-likeness (QED) is 0.517. The molecule has 4 rings (SSSR count). The Morgan fingerprint density at radius 1 is 0.846 bits per heavy atom. The molecule has 0 N–H and O–H groups in total. The van der Waals surface area contributed by atoms with Gasteiger partial charge in [-0.2, -0.15) is 0 Å². The van der Waals surface area contributed by atoms with Crippen LogP contribution in [0, 0.1) is 35.5 Å². The predicted octanol–water partition coefficient (Wildman–Crippen LogP) is 2.26. The van der Waals surface area contributed by atoms with E-state index in [-0.39, 0.29) is 0 Å². The SMILES string of the molecule is O=C1C2CCC1C1C3CCC(C3)C21. The first-order chi connectivity index (χ1) is 6.36. The summed E-state index contributed by atoms with van der Waals surface area (Å²) < 4.78 is 0. The maximum atomic E-state index is 11.9. The summed E-state index contributed by atoms with van der Waals surface area (Å²) in [6.07, 6.45) is 6.86. The molecule has 0 aromatic carbocycles. The highest BCUT2D eigenvalue weighted by atomic mass is 16.1. The van der Waals surface area contributed by atoms with Gasteiger partial charge in [-0.25, -0.2) is 0 Å². The standard InChI is InChI=1S/C12H16O/c13-12-8-3-4-9(12)11-7-2-1-6(5-7)10(8)11/h6-11H,1-5H2. The molecule has 0 radical (unpaired) electrons. The number of carbonyl (C=O) groups is 1. The maximum Gasteiger partial charge on any atom is 0.139 e. The van der Waals surface area contributed by atoms with E-state index in [4.69, 9.17) is 0 Å². The van der Waals surface area contributed by atoms with Gasteiger partial charge in [-0.1, -0.05) is 0 Å². The van der Waals surface area contributed by atoms with Gasteiger partial charge in [0.1, 0.15) is 5.78 Å². The molecule has 4 saturated carbocycles. The van der Waals surface area contributed by atoms with E-state index in [1.54, 1.807) is 0 Å². The molecule has 0 aromatic rings. The minimum absolute atomic E-state index is 0.533. The Kier molecular flexibility index (Phi) is 1.09. The Labute approximate surface area is 78.9 Å². The first-order valence-corrected chi connectivity index (χ1v) is 5.90. The van der Waals surface area contributed by atoms with Crippen molar-refractivity contribution in [1.29, 1.82) is 0 Å². The minimum atomic E-state index is 0.533. The van der Waals surface area contributed by atoms with Gasteiger partial charge in [-0.3, -0.25) is 4.79 Å². The van der Waals surface area contributed by atoms with Crippen molar-refractivity contribution in [1.82, 2.24) is 0 Å². The van der Waals surface area contributed by atoms with Crippen molar-refractivity contribution in [2.24, 2.45) is 35.5 Å². The first kappa shape index (κ1) is 7.03. The number of hydrogen-bond acceptors (Lipinski definition) is 1. The highest BCUT2D eigenvalue weighted by Crippen LogP contribution is 2.65. The molecule has 1 heteroatoms. The lowest BCUT2D eigenvalue weighted by Crippen LogP contribution is -2.27. The zero-order valence-electron chi connectivity index (χ0n) is 7.91. The summed E-state index contributed by atoms with van der Waals surface area (Å²) in [5.74, 6) is 5.40. The monoisotopic (exact) mass is 176 g/mol. The maximum absolute atomic E-state index is 11.9. The van der Waals surface area contributed by atoms with Crippen LogP contribution in [0.3, 0.4) is 0 Å². The van der Waals surface area contributed by atoms with Crippen LogP contribution < -0.4 is 0 Å². The lowest BCUT2D eigenvalue weighted by molar-refractivity contribution is -0.122. The normalized spacial score (nSPS) is 62.0. The molecule has 0 heterocycles. The summed E-state index contributed by atoms with van der Waals surface area (Å²) in [7, 11) is 0. The van der Waals surface area contributed by atoms with Crippen LogP contribution >= 0.6 is 0 Å². The molecule has 4 aliphatic rings. The van der Waals surface area contributed by atoms with E-state index in [2.05, 4.69) is 0 Å². The second-order valence-electron chi connectivity index (χ2n) is 5.68. The van der Waals surface area contributed by atoms with E-state index in [9.17, 15) is 4.79 Å². The summed E-state index contributed by atoms with van der Waals surface area (Å²) in [6, 6.07) is 0. The zero-order valence-corrected chi connectivity index (χ0v) is 7.91. The summed E-state index contributed by atoms with van der Waals surface area (Å²) in [5.41, 5.74) is 0. The van der Waals surface area contributed by atoms with Crippen LogP contribution in [-0.2, 0) is 4.79 Å². The molecule has 13 heavy (non-hydrogen) atoms. The summed E-state index contributed by atoms with van der Waals surface area (Å²) in [5, 5.41) is 0. The summed E-state index contributed by atoms with van der Waals surface area (Å²) in [4.78, 5) is 11.9. The van der Waals surface area contributed by atoms with Gasteiger partial charge in [0.25, 0.3) is 0 Å². The van der Waals surface area contributed by atoms with Gasteiger partial charge in [-0.05, 0) is 55.8 Å². The van der Waals surface area contributed by atoms with Crippen molar-refractivity contribution in [2.45, 2.75) is 32.1 Å². The lowest BCUT2D eigenvalue weighted by Gasteiger charge is -2.33. The number of hydrogen-bond donors (Lipinski definition) is 0. The van der Waals surface area contributed by atoms with Gasteiger partial charge in [-0.15, -0.1) is 0 Å². The topological polar surface area (TPSA) is 17.1 Å². The van der Waals surface area contributed by atoms with Crippen LogP contribution in [-0.4, -0.2) is 5.78 Å². The van der Waals surface area contributed by atoms with Crippen molar-refractivity contribution in [3.63, 3.8) is 0 Å². The molecule has 4 aliphatic carbocycles. The number of Topliss-reactive ketones (excluding diaryl/α,β-unsaturated/α-hetero) is 1. The number of rotatable bonds is 0. The van der Waals surface area contributed by atoms with Gasteiger partial charge < -0.3 is 0 Å². The molecule has 0 saturated heterocycles. The molecule has 4 fully saturated rings. The van der Waals surface area contributed by atoms with E-state index >= 15 is 0 Å². The number of ketones is 1. The zero-order chi connectivity index (χ0) is 8.58. The van der Waals surface area contributed by atoms with Gasteiger partial charge in [0.15, 0.2) is 0 Å². The molecule has 6 atom stereocenters. The van der Waals surface area contributed by atoms with Crippen LogP contribution in [0.2, 0.25) is 0 Å². The second-order valence-corrected chi connectivity index (χ2v) is 5.68. The smallest absolute Gasteiger partial charge is 0.139 e. The van der Waals surface area contributed by atoms with Crippen molar-refractivity contribution >= 4 is 5.78 Å². The largest absolute Gasteiger partial charge is 0.299 e. The van der Waals surface area contributed by atoms with Crippen LogP contribution in [0.4, 0.5) is 0 Å². The van der Waals surface area contributed by atoms with Crippen LogP contribution in [0.1, 0.15) is 32.1 Å². The van der Waals surface area contributed by atoms with E-state index < -0.39 is 0 Å². The molecule has 70 valence electrons. The molecular weight excluding hydrogens is 160 g/mol. The van der Waals surface area contributed by atoms with E-state index in [0.717, 1.165) is 23.7 Å². The average molecular weight is 176 g/mol. The van der Waals surface area contributed by atoms with Crippen LogP contribution in [0.15, 0.2) is 0 Å². The summed E-state index contributed by atoms with van der Waals surface area (Å²) in [6.45, 7) is 0. The third kappa shape index (κ3) is 0.628. The molecule has 0 amide bonds. The molecule has 0 spiro atoms. The van der Waals surface area contributed by atoms with E-state index in [1.165, 1.54) is 32.1 Å². The molecule has 1 nitrogen and oxygen atoms in total. The van der Waals surface area contributed by atoms with Gasteiger partial charge in [0.2, 0.25) is 0 Å². The Hall–Kier alpha value is -0.330. The van der Waals surface area contributed by atoms with Crippen LogP contribution in [0.5, 0.6) is 0 Å². The highest BCUT2D eigenvalue weighted by molar-refractivity contribution is 5.88. The molecular formula is C12H16O. The Morgan fingerprint density at radius 3 is 1.92 bits per heavy atom. The van der Waals surface area contributed by atoms with E-state index in [1.807, 2.05) is 0 Å². The molecule has 4 bridgehead atoms. The Bertz CT molecular complexity index is 257. The lowest BCUT2D eigenvalue weighted by atomic mass is 9.71. The third-order valence-corrected chi connectivity index (χ3v) is 5.50. The van der Waals surface area contributed by atoms with Crippen molar-refractivity contribution in [3.05, 3.63) is 0 Å².